The smallest absolute Gasteiger partial charge is 0.253 e. The Bertz CT molecular complexity index is 985. The fraction of sp³-hybridized carbons (Fsp3) is 0.444. The Morgan fingerprint density at radius 2 is 1.53 bits per heavy atom. The van der Waals surface area contributed by atoms with E-state index in [4.69, 9.17) is 0 Å². The van der Waals surface area contributed by atoms with Gasteiger partial charge in [0.25, 0.3) is 5.91 Å². The molecule has 2 aliphatic rings. The maximum Gasteiger partial charge on any atom is 0.253 e. The van der Waals surface area contributed by atoms with E-state index in [1.54, 1.807) is 0 Å². The van der Waals surface area contributed by atoms with E-state index in [1.807, 2.05) is 64.4 Å². The molecule has 2 aromatic rings. The highest BCUT2D eigenvalue weighted by Crippen LogP contribution is 2.22. The number of benzene rings is 2. The number of nitrogens with zero attached hydrogens (tertiary/aromatic N) is 3. The molecular weight excluding hydrogens is 428 g/mol. The lowest BCUT2D eigenvalue weighted by Crippen LogP contribution is -2.45. The number of hydrogen-bond acceptors (Lipinski definition) is 4. The van der Waals surface area contributed by atoms with Crippen LogP contribution in [0.4, 0.5) is 5.69 Å². The molecule has 0 spiro atoms. The van der Waals surface area contributed by atoms with Crippen LogP contribution >= 0.6 is 0 Å². The molecule has 2 aromatic carbocycles. The molecule has 0 aromatic heterocycles. The van der Waals surface area contributed by atoms with Crippen molar-refractivity contribution in [2.75, 3.05) is 44.6 Å². The van der Waals surface area contributed by atoms with E-state index in [2.05, 4.69) is 10.2 Å². The third kappa shape index (κ3) is 6.23. The van der Waals surface area contributed by atoms with Crippen molar-refractivity contribution in [1.29, 1.82) is 0 Å². The molecule has 3 amide bonds. The fourth-order valence-electron chi connectivity index (χ4n) is 4.86. The summed E-state index contributed by atoms with van der Waals surface area (Å²) in [6.07, 6.45) is 2.43. The van der Waals surface area contributed by atoms with Gasteiger partial charge >= 0.3 is 0 Å². The molecule has 7 nitrogen and oxygen atoms in total. The highest BCUT2D eigenvalue weighted by Gasteiger charge is 2.31. The van der Waals surface area contributed by atoms with Crippen molar-refractivity contribution in [2.45, 2.75) is 32.7 Å². The minimum atomic E-state index is -0.0708. The molecular formula is C27H34N4O3. The lowest BCUT2D eigenvalue weighted by Gasteiger charge is -2.34. The van der Waals surface area contributed by atoms with Crippen molar-refractivity contribution in [3.05, 3.63) is 65.7 Å². The Hall–Kier alpha value is -3.19. The van der Waals surface area contributed by atoms with Crippen LogP contribution in [-0.4, -0.2) is 71.7 Å². The van der Waals surface area contributed by atoms with Gasteiger partial charge in [0.15, 0.2) is 0 Å². The number of rotatable bonds is 5. The largest absolute Gasteiger partial charge is 0.341 e. The molecule has 180 valence electrons. The first-order valence-electron chi connectivity index (χ1n) is 12.2. The van der Waals surface area contributed by atoms with Gasteiger partial charge in [0.05, 0.1) is 0 Å². The second-order valence-corrected chi connectivity index (χ2v) is 9.27. The van der Waals surface area contributed by atoms with E-state index in [1.165, 1.54) is 12.5 Å². The van der Waals surface area contributed by atoms with Crippen molar-refractivity contribution < 1.29 is 14.4 Å². The van der Waals surface area contributed by atoms with E-state index >= 15 is 0 Å². The van der Waals surface area contributed by atoms with E-state index < -0.39 is 0 Å². The van der Waals surface area contributed by atoms with Crippen LogP contribution in [0, 0.1) is 5.92 Å². The second-order valence-electron chi connectivity index (χ2n) is 9.27. The lowest BCUT2D eigenvalue weighted by atomic mass is 9.94. The Kier molecular flexibility index (Phi) is 7.95. The maximum absolute atomic E-state index is 13.2. The average Bonchev–Trinajstić information content (AvgIpc) is 3.10. The zero-order valence-corrected chi connectivity index (χ0v) is 19.9. The quantitative estimate of drug-likeness (QED) is 0.741. The molecule has 34 heavy (non-hydrogen) atoms. The third-order valence-electron chi connectivity index (χ3n) is 6.73. The lowest BCUT2D eigenvalue weighted by molar-refractivity contribution is -0.136. The molecule has 7 heteroatoms. The first kappa shape index (κ1) is 24.0. The van der Waals surface area contributed by atoms with Gasteiger partial charge in [-0.15, -0.1) is 0 Å². The molecule has 0 radical (unpaired) electrons. The first-order chi connectivity index (χ1) is 16.5. The van der Waals surface area contributed by atoms with E-state index in [0.717, 1.165) is 57.7 Å². The summed E-state index contributed by atoms with van der Waals surface area (Å²) < 4.78 is 0. The number of amides is 3. The molecule has 1 N–H and O–H groups in total. The summed E-state index contributed by atoms with van der Waals surface area (Å²) in [6, 6.07) is 17.3. The molecule has 2 fully saturated rings. The molecule has 2 aliphatic heterocycles. The van der Waals surface area contributed by atoms with E-state index in [9.17, 15) is 14.4 Å². The molecule has 2 heterocycles. The van der Waals surface area contributed by atoms with Gasteiger partial charge in [-0.1, -0.05) is 30.3 Å². The molecule has 2 saturated heterocycles. The summed E-state index contributed by atoms with van der Waals surface area (Å²) in [7, 11) is 0. The van der Waals surface area contributed by atoms with Gasteiger partial charge in [0.2, 0.25) is 11.8 Å². The normalized spacial score (nSPS) is 17.8. The molecule has 0 saturated carbocycles. The van der Waals surface area contributed by atoms with Crippen molar-refractivity contribution in [3.63, 3.8) is 0 Å². The van der Waals surface area contributed by atoms with Crippen LogP contribution in [0.15, 0.2) is 54.6 Å². The average molecular weight is 463 g/mol. The van der Waals surface area contributed by atoms with Crippen LogP contribution in [-0.2, 0) is 16.1 Å². The van der Waals surface area contributed by atoms with Crippen molar-refractivity contribution >= 4 is 23.4 Å². The van der Waals surface area contributed by atoms with Crippen LogP contribution in [0.5, 0.6) is 0 Å². The van der Waals surface area contributed by atoms with Gasteiger partial charge in [-0.25, -0.2) is 0 Å². The SMILES string of the molecule is CC(=O)Nc1ccc(CN2CCCN(C(=O)C3CCN(C(=O)c4ccccc4)CC3)CC2)cc1. The van der Waals surface area contributed by atoms with Crippen molar-refractivity contribution in [2.24, 2.45) is 5.92 Å². The second kappa shape index (κ2) is 11.3. The number of carbonyl (C=O) groups is 3. The molecule has 0 aliphatic carbocycles. The summed E-state index contributed by atoms with van der Waals surface area (Å²) in [6.45, 7) is 6.96. The number of hydrogen-bond donors (Lipinski definition) is 1. The highest BCUT2D eigenvalue weighted by molar-refractivity contribution is 5.94. The molecule has 0 bridgehead atoms. The van der Waals surface area contributed by atoms with Crippen LogP contribution in [0.25, 0.3) is 0 Å². The van der Waals surface area contributed by atoms with Crippen LogP contribution in [0.3, 0.4) is 0 Å². The van der Waals surface area contributed by atoms with Crippen LogP contribution < -0.4 is 5.32 Å². The molecule has 0 atom stereocenters. The summed E-state index contributed by atoms with van der Waals surface area (Å²) in [5.41, 5.74) is 2.72. The predicted octanol–water partition coefficient (Wildman–Crippen LogP) is 3.23. The van der Waals surface area contributed by atoms with E-state index in [-0.39, 0.29) is 23.6 Å². The minimum Gasteiger partial charge on any atom is -0.341 e. The number of piperidine rings is 1. The van der Waals surface area contributed by atoms with Crippen molar-refractivity contribution in [3.8, 4) is 0 Å². The number of anilines is 1. The summed E-state index contributed by atoms with van der Waals surface area (Å²) in [4.78, 5) is 43.4. The van der Waals surface area contributed by atoms with Gasteiger partial charge < -0.3 is 15.1 Å². The Balaban J connectivity index is 1.24. The first-order valence-corrected chi connectivity index (χ1v) is 12.2. The summed E-state index contributed by atoms with van der Waals surface area (Å²) in [5.74, 6) is 0.238. The topological polar surface area (TPSA) is 73.0 Å². The standard InChI is InChI=1S/C27H34N4O3/c1-21(32)28-25-10-8-22(9-11-25)20-29-14-5-15-30(19-18-29)27(34)24-12-16-31(17-13-24)26(33)23-6-3-2-4-7-23/h2-4,6-11,24H,5,12-20H2,1H3,(H,28,32). The number of nitrogens with one attached hydrogen (secondary N) is 1. The van der Waals surface area contributed by atoms with Gasteiger partial charge in [0, 0.05) is 69.9 Å². The van der Waals surface area contributed by atoms with E-state index in [0.29, 0.717) is 18.7 Å². The van der Waals surface area contributed by atoms with Gasteiger partial charge in [0.1, 0.15) is 0 Å². The highest BCUT2D eigenvalue weighted by atomic mass is 16.2. The van der Waals surface area contributed by atoms with Crippen molar-refractivity contribution in [1.82, 2.24) is 14.7 Å². The molecule has 0 unspecified atom stereocenters. The monoisotopic (exact) mass is 462 g/mol. The molecule has 4 rings (SSSR count). The zero-order valence-electron chi connectivity index (χ0n) is 19.9. The number of likely N-dealkylation sites (tertiary alicyclic amines) is 1. The van der Waals surface area contributed by atoms with Crippen LogP contribution in [0.1, 0.15) is 42.1 Å². The zero-order chi connectivity index (χ0) is 23.9. The van der Waals surface area contributed by atoms with Gasteiger partial charge in [-0.3, -0.25) is 19.3 Å². The Morgan fingerprint density at radius 1 is 0.824 bits per heavy atom. The van der Waals surface area contributed by atoms with Gasteiger partial charge in [-0.2, -0.15) is 0 Å². The minimum absolute atomic E-state index is 0.00712. The maximum atomic E-state index is 13.2. The Labute approximate surface area is 201 Å². The summed E-state index contributed by atoms with van der Waals surface area (Å²) >= 11 is 0. The number of carbonyl (C=O) groups excluding carboxylic acids is 3. The summed E-state index contributed by atoms with van der Waals surface area (Å²) in [5, 5.41) is 2.79. The van der Waals surface area contributed by atoms with Gasteiger partial charge in [-0.05, 0) is 49.1 Å². The predicted molar refractivity (Wildman–Crippen MR) is 132 cm³/mol. The van der Waals surface area contributed by atoms with Crippen LogP contribution in [0.2, 0.25) is 0 Å². The Morgan fingerprint density at radius 3 is 2.21 bits per heavy atom. The third-order valence-corrected chi connectivity index (χ3v) is 6.73. The fourth-order valence-corrected chi connectivity index (χ4v) is 4.86.